The third-order valence-corrected chi connectivity index (χ3v) is 3.39. The molecule has 0 fully saturated rings. The number of pyridine rings is 1. The van der Waals surface area contributed by atoms with Gasteiger partial charge < -0.3 is 10.1 Å². The molecule has 0 atom stereocenters. The number of hydrogen-bond donors (Lipinski definition) is 1. The summed E-state index contributed by atoms with van der Waals surface area (Å²) in [6.45, 7) is 4.45. The van der Waals surface area contributed by atoms with Crippen molar-refractivity contribution in [3.63, 3.8) is 0 Å². The van der Waals surface area contributed by atoms with E-state index in [9.17, 15) is 0 Å². The number of nitrogens with one attached hydrogen (secondary N) is 1. The summed E-state index contributed by atoms with van der Waals surface area (Å²) in [5.41, 5.74) is 4.96. The molecular formula is C17H22N2O. The van der Waals surface area contributed by atoms with E-state index in [0.29, 0.717) is 6.61 Å². The molecule has 0 saturated carbocycles. The van der Waals surface area contributed by atoms with Crippen LogP contribution in [0.15, 0.2) is 42.6 Å². The number of benzene rings is 1. The van der Waals surface area contributed by atoms with Gasteiger partial charge in [0.05, 0.1) is 12.3 Å². The van der Waals surface area contributed by atoms with E-state index in [-0.39, 0.29) is 0 Å². The van der Waals surface area contributed by atoms with Crippen molar-refractivity contribution in [3.8, 4) is 0 Å². The summed E-state index contributed by atoms with van der Waals surface area (Å²) in [4.78, 5) is 4.45. The molecule has 0 saturated heterocycles. The SMILES string of the molecule is CCc1cccnc1CNCc1ccccc1COC. The molecule has 0 aliphatic heterocycles. The number of nitrogens with zero attached hydrogens (tertiary/aromatic N) is 1. The number of methoxy groups -OCH3 is 1. The lowest BCUT2D eigenvalue weighted by molar-refractivity contribution is 0.184. The van der Waals surface area contributed by atoms with Gasteiger partial charge in [-0.15, -0.1) is 0 Å². The maximum absolute atomic E-state index is 5.23. The van der Waals surface area contributed by atoms with Crippen LogP contribution in [0.3, 0.4) is 0 Å². The molecule has 3 heteroatoms. The second-order valence-electron chi connectivity index (χ2n) is 4.77. The Bertz CT molecular complexity index is 540. The van der Waals surface area contributed by atoms with Gasteiger partial charge in [-0.05, 0) is 29.2 Å². The first kappa shape index (κ1) is 14.7. The Morgan fingerprint density at radius 2 is 1.75 bits per heavy atom. The van der Waals surface area contributed by atoms with Crippen LogP contribution in [0.5, 0.6) is 0 Å². The van der Waals surface area contributed by atoms with E-state index < -0.39 is 0 Å². The summed E-state index contributed by atoms with van der Waals surface area (Å²) >= 11 is 0. The van der Waals surface area contributed by atoms with Gasteiger partial charge in [-0.1, -0.05) is 37.3 Å². The first-order valence-corrected chi connectivity index (χ1v) is 7.04. The van der Waals surface area contributed by atoms with Crippen LogP contribution in [0, 0.1) is 0 Å². The number of aromatic nitrogens is 1. The summed E-state index contributed by atoms with van der Waals surface area (Å²) in [6.07, 6.45) is 2.88. The Morgan fingerprint density at radius 1 is 1.00 bits per heavy atom. The van der Waals surface area contributed by atoms with E-state index >= 15 is 0 Å². The van der Waals surface area contributed by atoms with E-state index in [2.05, 4.69) is 41.5 Å². The van der Waals surface area contributed by atoms with Gasteiger partial charge in [-0.2, -0.15) is 0 Å². The average molecular weight is 270 g/mol. The molecule has 2 aromatic rings. The average Bonchev–Trinajstić information content (AvgIpc) is 2.50. The second kappa shape index (κ2) is 7.78. The first-order chi connectivity index (χ1) is 9.85. The standard InChI is InChI=1S/C17H22N2O/c1-3-14-9-6-10-19-17(14)12-18-11-15-7-4-5-8-16(15)13-20-2/h4-10,18H,3,11-13H2,1-2H3. The van der Waals surface area contributed by atoms with Gasteiger partial charge in [0.2, 0.25) is 0 Å². The maximum atomic E-state index is 5.23. The molecule has 3 nitrogen and oxygen atoms in total. The van der Waals surface area contributed by atoms with Crippen LogP contribution in [0.1, 0.15) is 29.3 Å². The van der Waals surface area contributed by atoms with Gasteiger partial charge in [0.15, 0.2) is 0 Å². The largest absolute Gasteiger partial charge is 0.380 e. The molecule has 1 N–H and O–H groups in total. The van der Waals surface area contributed by atoms with Crippen LogP contribution in [0.4, 0.5) is 0 Å². The number of rotatable bonds is 7. The molecule has 2 rings (SSSR count). The van der Waals surface area contributed by atoms with Crippen molar-refractivity contribution in [1.29, 1.82) is 0 Å². The van der Waals surface area contributed by atoms with Crippen molar-refractivity contribution in [1.82, 2.24) is 10.3 Å². The van der Waals surface area contributed by atoms with Gasteiger partial charge >= 0.3 is 0 Å². The minimum atomic E-state index is 0.654. The van der Waals surface area contributed by atoms with Gasteiger partial charge in [0.25, 0.3) is 0 Å². The van der Waals surface area contributed by atoms with Crippen molar-refractivity contribution in [3.05, 3.63) is 65.0 Å². The Labute approximate surface area is 121 Å². The molecule has 0 radical (unpaired) electrons. The van der Waals surface area contributed by atoms with Crippen LogP contribution < -0.4 is 5.32 Å². The fraction of sp³-hybridized carbons (Fsp3) is 0.353. The monoisotopic (exact) mass is 270 g/mol. The van der Waals surface area contributed by atoms with E-state index in [0.717, 1.165) is 25.2 Å². The lowest BCUT2D eigenvalue weighted by Crippen LogP contribution is -2.16. The van der Waals surface area contributed by atoms with Crippen LogP contribution in [0.2, 0.25) is 0 Å². The smallest absolute Gasteiger partial charge is 0.0716 e. The highest BCUT2D eigenvalue weighted by molar-refractivity contribution is 5.26. The van der Waals surface area contributed by atoms with Gasteiger partial charge in [0.1, 0.15) is 0 Å². The highest BCUT2D eigenvalue weighted by Gasteiger charge is 2.03. The molecular weight excluding hydrogens is 248 g/mol. The van der Waals surface area contributed by atoms with E-state index in [1.54, 1.807) is 7.11 Å². The van der Waals surface area contributed by atoms with E-state index in [1.165, 1.54) is 16.7 Å². The van der Waals surface area contributed by atoms with Gasteiger partial charge in [-0.3, -0.25) is 4.98 Å². The quantitative estimate of drug-likeness (QED) is 0.839. The fourth-order valence-electron chi connectivity index (χ4n) is 2.29. The first-order valence-electron chi connectivity index (χ1n) is 7.04. The number of ether oxygens (including phenoxy) is 1. The molecule has 106 valence electrons. The molecule has 0 aliphatic rings. The Morgan fingerprint density at radius 3 is 2.50 bits per heavy atom. The third-order valence-electron chi connectivity index (χ3n) is 3.39. The maximum Gasteiger partial charge on any atom is 0.0716 e. The van der Waals surface area contributed by atoms with Crippen LogP contribution in [0.25, 0.3) is 0 Å². The molecule has 0 spiro atoms. The zero-order valence-corrected chi connectivity index (χ0v) is 12.2. The lowest BCUT2D eigenvalue weighted by Gasteiger charge is -2.11. The molecule has 0 unspecified atom stereocenters. The summed E-state index contributed by atoms with van der Waals surface area (Å²) in [5.74, 6) is 0. The summed E-state index contributed by atoms with van der Waals surface area (Å²) in [7, 11) is 1.73. The lowest BCUT2D eigenvalue weighted by atomic mass is 10.1. The predicted molar refractivity (Wildman–Crippen MR) is 81.3 cm³/mol. The predicted octanol–water partition coefficient (Wildman–Crippen LogP) is 3.08. The summed E-state index contributed by atoms with van der Waals surface area (Å²) < 4.78 is 5.23. The Kier molecular flexibility index (Phi) is 5.71. The summed E-state index contributed by atoms with van der Waals surface area (Å²) in [6, 6.07) is 12.5. The highest BCUT2D eigenvalue weighted by Crippen LogP contribution is 2.11. The molecule has 1 heterocycles. The third kappa shape index (κ3) is 3.89. The minimum Gasteiger partial charge on any atom is -0.380 e. The number of aryl methyl sites for hydroxylation is 1. The van der Waals surface area contributed by atoms with Crippen molar-refractivity contribution >= 4 is 0 Å². The number of hydrogen-bond acceptors (Lipinski definition) is 3. The Balaban J connectivity index is 1.96. The van der Waals surface area contributed by atoms with Crippen molar-refractivity contribution in [2.45, 2.75) is 33.0 Å². The van der Waals surface area contributed by atoms with Crippen molar-refractivity contribution in [2.24, 2.45) is 0 Å². The molecule has 20 heavy (non-hydrogen) atoms. The fourth-order valence-corrected chi connectivity index (χ4v) is 2.29. The van der Waals surface area contributed by atoms with Crippen molar-refractivity contribution in [2.75, 3.05) is 7.11 Å². The molecule has 0 aliphatic carbocycles. The highest BCUT2D eigenvalue weighted by atomic mass is 16.5. The molecule has 0 bridgehead atoms. The zero-order valence-electron chi connectivity index (χ0n) is 12.2. The Hall–Kier alpha value is -1.71. The second-order valence-corrected chi connectivity index (χ2v) is 4.77. The van der Waals surface area contributed by atoms with Gasteiger partial charge in [0, 0.05) is 26.4 Å². The van der Waals surface area contributed by atoms with E-state index in [4.69, 9.17) is 4.74 Å². The molecule has 0 amide bonds. The van der Waals surface area contributed by atoms with E-state index in [1.807, 2.05) is 18.3 Å². The van der Waals surface area contributed by atoms with Crippen LogP contribution in [-0.2, 0) is 30.9 Å². The minimum absolute atomic E-state index is 0.654. The van der Waals surface area contributed by atoms with Gasteiger partial charge in [-0.25, -0.2) is 0 Å². The summed E-state index contributed by atoms with van der Waals surface area (Å²) in [5, 5.41) is 3.47. The topological polar surface area (TPSA) is 34.2 Å². The zero-order chi connectivity index (χ0) is 14.2. The molecule has 1 aromatic carbocycles. The normalized spacial score (nSPS) is 10.7. The van der Waals surface area contributed by atoms with Crippen LogP contribution in [-0.4, -0.2) is 12.1 Å². The molecule has 1 aromatic heterocycles. The van der Waals surface area contributed by atoms with Crippen LogP contribution >= 0.6 is 0 Å². The van der Waals surface area contributed by atoms with Crippen molar-refractivity contribution < 1.29 is 4.74 Å².